The molecule has 0 aromatic heterocycles. The third-order valence-electron chi connectivity index (χ3n) is 3.54. The summed E-state index contributed by atoms with van der Waals surface area (Å²) < 4.78 is 0. The smallest absolute Gasteiger partial charge is 0.335 e. The van der Waals surface area contributed by atoms with E-state index in [2.05, 4.69) is 17.6 Å². The van der Waals surface area contributed by atoms with E-state index in [1.807, 2.05) is 11.8 Å². The van der Waals surface area contributed by atoms with E-state index in [4.69, 9.17) is 5.11 Å². The van der Waals surface area contributed by atoms with Crippen molar-refractivity contribution in [3.05, 3.63) is 29.8 Å². The van der Waals surface area contributed by atoms with Crippen molar-refractivity contribution in [2.24, 2.45) is 0 Å². The zero-order valence-corrected chi connectivity index (χ0v) is 12.8. The minimum absolute atomic E-state index is 0.205. The molecule has 5 nitrogen and oxygen atoms in total. The Balaban J connectivity index is 1.88. The molecule has 1 aliphatic rings. The van der Waals surface area contributed by atoms with Crippen molar-refractivity contribution >= 4 is 29.4 Å². The van der Waals surface area contributed by atoms with Gasteiger partial charge in [0.25, 0.3) is 0 Å². The molecule has 114 valence electrons. The summed E-state index contributed by atoms with van der Waals surface area (Å²) in [5.74, 6) is 0.0811. The Kier molecular flexibility index (Phi) is 5.50. The van der Waals surface area contributed by atoms with Gasteiger partial charge in [-0.15, -0.1) is 0 Å². The molecule has 0 heterocycles. The number of carbonyl (C=O) groups excluding carboxylic acids is 1. The summed E-state index contributed by atoms with van der Waals surface area (Å²) in [7, 11) is 0. The number of amides is 2. The first-order valence-electron chi connectivity index (χ1n) is 7.12. The van der Waals surface area contributed by atoms with Crippen LogP contribution >= 0.6 is 11.8 Å². The van der Waals surface area contributed by atoms with Gasteiger partial charge < -0.3 is 15.7 Å². The highest BCUT2D eigenvalue weighted by molar-refractivity contribution is 7.99. The lowest BCUT2D eigenvalue weighted by Gasteiger charge is -2.20. The Morgan fingerprint density at radius 2 is 2.00 bits per heavy atom. The zero-order chi connectivity index (χ0) is 15.2. The summed E-state index contributed by atoms with van der Waals surface area (Å²) in [4.78, 5) is 22.7. The van der Waals surface area contributed by atoms with E-state index >= 15 is 0 Å². The zero-order valence-electron chi connectivity index (χ0n) is 12.0. The van der Waals surface area contributed by atoms with E-state index in [9.17, 15) is 9.59 Å². The molecule has 1 saturated carbocycles. The van der Waals surface area contributed by atoms with Crippen LogP contribution in [0.2, 0.25) is 0 Å². The molecular formula is C15H20N2O3S. The average molecular weight is 308 g/mol. The molecule has 0 radical (unpaired) electrons. The summed E-state index contributed by atoms with van der Waals surface area (Å²) in [6.45, 7) is 2.13. The van der Waals surface area contributed by atoms with Gasteiger partial charge in [-0.1, -0.05) is 13.3 Å². The van der Waals surface area contributed by atoms with Gasteiger partial charge in [-0.05, 0) is 42.9 Å². The summed E-state index contributed by atoms with van der Waals surface area (Å²) >= 11 is 1.89. The van der Waals surface area contributed by atoms with Gasteiger partial charge >= 0.3 is 12.0 Å². The van der Waals surface area contributed by atoms with Crippen LogP contribution in [-0.4, -0.2) is 34.2 Å². The van der Waals surface area contributed by atoms with E-state index in [1.54, 1.807) is 12.1 Å². The summed E-state index contributed by atoms with van der Waals surface area (Å²) in [6, 6.07) is 6.12. The summed E-state index contributed by atoms with van der Waals surface area (Å²) in [6.07, 6.45) is 3.32. The molecular weight excluding hydrogens is 288 g/mol. The molecule has 21 heavy (non-hydrogen) atoms. The van der Waals surface area contributed by atoms with Crippen LogP contribution in [0.5, 0.6) is 0 Å². The predicted molar refractivity (Wildman–Crippen MR) is 85.1 cm³/mol. The summed E-state index contributed by atoms with van der Waals surface area (Å²) in [5.41, 5.74) is 0.798. The Morgan fingerprint density at radius 1 is 1.29 bits per heavy atom. The van der Waals surface area contributed by atoms with Crippen molar-refractivity contribution in [1.82, 2.24) is 5.32 Å². The predicted octanol–water partition coefficient (Wildman–Crippen LogP) is 3.18. The molecule has 0 spiro atoms. The lowest BCUT2D eigenvalue weighted by Crippen LogP contribution is -2.41. The van der Waals surface area contributed by atoms with Crippen LogP contribution in [-0.2, 0) is 0 Å². The molecule has 2 amide bonds. The van der Waals surface area contributed by atoms with Gasteiger partial charge in [0.1, 0.15) is 0 Å². The molecule has 2 unspecified atom stereocenters. The quantitative estimate of drug-likeness (QED) is 0.780. The molecule has 1 aromatic rings. The van der Waals surface area contributed by atoms with Crippen LogP contribution in [0.1, 0.15) is 36.5 Å². The van der Waals surface area contributed by atoms with E-state index < -0.39 is 5.97 Å². The first-order chi connectivity index (χ1) is 10.1. The number of carboxylic acids is 1. The van der Waals surface area contributed by atoms with Crippen molar-refractivity contribution in [2.75, 3.05) is 11.1 Å². The number of hydrogen-bond acceptors (Lipinski definition) is 3. The maximum absolute atomic E-state index is 12.0. The molecule has 6 heteroatoms. The fourth-order valence-electron chi connectivity index (χ4n) is 2.54. The number of carbonyl (C=O) groups is 2. The van der Waals surface area contributed by atoms with Gasteiger partial charge in [-0.3, -0.25) is 0 Å². The molecule has 0 saturated heterocycles. The number of thioether (sulfide) groups is 1. The third-order valence-corrected chi connectivity index (χ3v) is 4.87. The van der Waals surface area contributed by atoms with E-state index in [0.29, 0.717) is 10.9 Å². The summed E-state index contributed by atoms with van der Waals surface area (Å²) in [5, 5.41) is 15.1. The van der Waals surface area contributed by atoms with Crippen molar-refractivity contribution in [3.8, 4) is 0 Å². The highest BCUT2D eigenvalue weighted by atomic mass is 32.2. The van der Waals surface area contributed by atoms with Crippen molar-refractivity contribution in [3.63, 3.8) is 0 Å². The standard InChI is InChI=1S/C15H20N2O3S/c1-2-21-13-5-3-4-12(13)17-15(20)16-11-8-6-10(7-9-11)14(18)19/h6-9,12-13H,2-5H2,1H3,(H,18,19)(H2,16,17,20). The fourth-order valence-corrected chi connectivity index (χ4v) is 3.73. The second-order valence-corrected chi connectivity index (χ2v) is 6.53. The number of carboxylic acid groups (broad SMARTS) is 1. The largest absolute Gasteiger partial charge is 0.478 e. The minimum Gasteiger partial charge on any atom is -0.478 e. The monoisotopic (exact) mass is 308 g/mol. The lowest BCUT2D eigenvalue weighted by molar-refractivity contribution is 0.0697. The molecule has 0 bridgehead atoms. The highest BCUT2D eigenvalue weighted by Crippen LogP contribution is 2.29. The third kappa shape index (κ3) is 4.39. The van der Waals surface area contributed by atoms with Gasteiger partial charge in [-0.2, -0.15) is 11.8 Å². The number of anilines is 1. The van der Waals surface area contributed by atoms with Crippen LogP contribution in [0.15, 0.2) is 24.3 Å². The Morgan fingerprint density at radius 3 is 2.62 bits per heavy atom. The highest BCUT2D eigenvalue weighted by Gasteiger charge is 2.28. The van der Waals surface area contributed by atoms with Crippen molar-refractivity contribution in [1.29, 1.82) is 0 Å². The Bertz CT molecular complexity index is 504. The first kappa shape index (κ1) is 15.7. The Labute approximate surface area is 128 Å². The number of hydrogen-bond donors (Lipinski definition) is 3. The van der Waals surface area contributed by atoms with Crippen molar-refractivity contribution < 1.29 is 14.7 Å². The second kappa shape index (κ2) is 7.36. The number of urea groups is 1. The van der Waals surface area contributed by atoms with E-state index in [1.165, 1.54) is 12.1 Å². The molecule has 1 aliphatic carbocycles. The number of benzene rings is 1. The molecule has 3 N–H and O–H groups in total. The average Bonchev–Trinajstić information content (AvgIpc) is 2.87. The molecule has 2 rings (SSSR count). The van der Waals surface area contributed by atoms with E-state index in [-0.39, 0.29) is 17.6 Å². The van der Waals surface area contributed by atoms with E-state index in [0.717, 1.165) is 25.0 Å². The maximum Gasteiger partial charge on any atom is 0.335 e. The van der Waals surface area contributed by atoms with Crippen LogP contribution in [0, 0.1) is 0 Å². The first-order valence-corrected chi connectivity index (χ1v) is 8.17. The fraction of sp³-hybridized carbons (Fsp3) is 0.467. The molecule has 1 fully saturated rings. The van der Waals surface area contributed by atoms with Crippen LogP contribution in [0.25, 0.3) is 0 Å². The maximum atomic E-state index is 12.0. The van der Waals surface area contributed by atoms with Crippen molar-refractivity contribution in [2.45, 2.75) is 37.5 Å². The van der Waals surface area contributed by atoms with Crippen LogP contribution in [0.4, 0.5) is 10.5 Å². The van der Waals surface area contributed by atoms with Gasteiger partial charge in [0.15, 0.2) is 0 Å². The topological polar surface area (TPSA) is 78.4 Å². The SMILES string of the molecule is CCSC1CCCC1NC(=O)Nc1ccc(C(=O)O)cc1. The minimum atomic E-state index is -0.976. The Hall–Kier alpha value is -1.69. The number of rotatable bonds is 5. The molecule has 1 aromatic carbocycles. The molecule has 2 atom stereocenters. The number of aromatic carboxylic acids is 1. The normalized spacial score (nSPS) is 21.0. The molecule has 0 aliphatic heterocycles. The number of nitrogens with one attached hydrogen (secondary N) is 2. The van der Waals surface area contributed by atoms with Gasteiger partial charge in [0, 0.05) is 17.0 Å². The van der Waals surface area contributed by atoms with Gasteiger partial charge in [0.2, 0.25) is 0 Å². The van der Waals surface area contributed by atoms with Gasteiger partial charge in [0.05, 0.1) is 5.56 Å². The van der Waals surface area contributed by atoms with Crippen LogP contribution in [0.3, 0.4) is 0 Å². The van der Waals surface area contributed by atoms with Gasteiger partial charge in [-0.25, -0.2) is 9.59 Å². The van der Waals surface area contributed by atoms with Crippen LogP contribution < -0.4 is 10.6 Å². The lowest BCUT2D eigenvalue weighted by atomic mass is 10.2. The second-order valence-electron chi connectivity index (χ2n) is 5.01.